The lowest BCUT2D eigenvalue weighted by Crippen LogP contribution is -2.41. The maximum absolute atomic E-state index is 11.7. The highest BCUT2D eigenvalue weighted by Gasteiger charge is 2.17. The van der Waals surface area contributed by atoms with Crippen LogP contribution in [0.15, 0.2) is 0 Å². The third-order valence-corrected chi connectivity index (χ3v) is 4.12. The van der Waals surface area contributed by atoms with Gasteiger partial charge in [0.2, 0.25) is 5.91 Å². The van der Waals surface area contributed by atoms with Gasteiger partial charge in [0.1, 0.15) is 0 Å². The molecular formula is C12H26N2O2S. The Morgan fingerprint density at radius 2 is 2.06 bits per heavy atom. The molecule has 0 aromatic heterocycles. The fraction of sp³-hybridized carbons (Fsp3) is 0.917. The zero-order valence-electron chi connectivity index (χ0n) is 11.1. The van der Waals surface area contributed by atoms with E-state index in [1.807, 2.05) is 13.2 Å². The molecule has 0 radical (unpaired) electrons. The Morgan fingerprint density at radius 3 is 2.53 bits per heavy atom. The lowest BCUT2D eigenvalue weighted by Gasteiger charge is -2.21. The summed E-state index contributed by atoms with van der Waals surface area (Å²) >= 11 is 1.57. The smallest absolute Gasteiger partial charge is 0.220 e. The lowest BCUT2D eigenvalue weighted by molar-refractivity contribution is -0.122. The van der Waals surface area contributed by atoms with Gasteiger partial charge in [-0.2, -0.15) is 11.8 Å². The molecule has 1 amide bonds. The number of nitrogens with one attached hydrogen (secondary N) is 1. The highest BCUT2D eigenvalue weighted by Crippen LogP contribution is 2.12. The maximum Gasteiger partial charge on any atom is 0.220 e. The summed E-state index contributed by atoms with van der Waals surface area (Å²) in [4.78, 5) is 11.7. The second-order valence-electron chi connectivity index (χ2n) is 4.53. The summed E-state index contributed by atoms with van der Waals surface area (Å²) < 4.78 is 0. The minimum Gasteiger partial charge on any atom is -0.395 e. The average Bonchev–Trinajstić information content (AvgIpc) is 2.28. The van der Waals surface area contributed by atoms with Crippen molar-refractivity contribution in [1.82, 2.24) is 5.32 Å². The van der Waals surface area contributed by atoms with Gasteiger partial charge >= 0.3 is 0 Å². The molecule has 0 aromatic carbocycles. The van der Waals surface area contributed by atoms with Crippen LogP contribution in [0.4, 0.5) is 0 Å². The van der Waals surface area contributed by atoms with Crippen molar-refractivity contribution in [1.29, 1.82) is 0 Å². The molecule has 0 bridgehead atoms. The van der Waals surface area contributed by atoms with Crippen molar-refractivity contribution in [2.75, 3.05) is 19.4 Å². The molecule has 102 valence electrons. The molecule has 0 aliphatic rings. The van der Waals surface area contributed by atoms with Gasteiger partial charge in [0.05, 0.1) is 6.61 Å². The number of carbonyl (C=O) groups is 1. The van der Waals surface area contributed by atoms with Gasteiger partial charge in [-0.05, 0) is 38.5 Å². The number of nitrogens with two attached hydrogens (primary N) is 1. The van der Waals surface area contributed by atoms with E-state index in [0.29, 0.717) is 18.9 Å². The third-order valence-electron chi connectivity index (χ3n) is 2.95. The third kappa shape index (κ3) is 7.63. The second-order valence-corrected chi connectivity index (χ2v) is 5.61. The monoisotopic (exact) mass is 262 g/mol. The molecule has 0 aliphatic carbocycles. The van der Waals surface area contributed by atoms with Gasteiger partial charge in [0, 0.05) is 17.7 Å². The molecule has 0 aromatic rings. The van der Waals surface area contributed by atoms with Crippen molar-refractivity contribution in [3.8, 4) is 0 Å². The molecule has 5 heteroatoms. The number of hydrogen-bond donors (Lipinski definition) is 3. The van der Waals surface area contributed by atoms with Crippen molar-refractivity contribution in [2.24, 2.45) is 11.7 Å². The van der Waals surface area contributed by atoms with Crippen LogP contribution in [0.5, 0.6) is 0 Å². The summed E-state index contributed by atoms with van der Waals surface area (Å²) in [6.45, 7) is 4.81. The van der Waals surface area contributed by atoms with Crippen LogP contribution in [-0.4, -0.2) is 41.7 Å². The minimum atomic E-state index is 0.00677. The molecule has 0 rings (SSSR count). The van der Waals surface area contributed by atoms with Gasteiger partial charge in [-0.25, -0.2) is 0 Å². The van der Waals surface area contributed by atoms with E-state index in [1.165, 1.54) is 0 Å². The molecule has 3 atom stereocenters. The van der Waals surface area contributed by atoms with Gasteiger partial charge in [-0.1, -0.05) is 6.92 Å². The van der Waals surface area contributed by atoms with E-state index < -0.39 is 0 Å². The van der Waals surface area contributed by atoms with E-state index in [4.69, 9.17) is 10.8 Å². The SMILES string of the molecule is CSC(CO)C(C)NC(=O)CCC(C)CCN. The number of aliphatic hydroxyl groups excluding tert-OH is 1. The zero-order valence-corrected chi connectivity index (χ0v) is 11.9. The topological polar surface area (TPSA) is 75.3 Å². The van der Waals surface area contributed by atoms with E-state index in [1.54, 1.807) is 11.8 Å². The highest BCUT2D eigenvalue weighted by molar-refractivity contribution is 7.99. The molecule has 0 aliphatic heterocycles. The second kappa shape index (κ2) is 9.74. The van der Waals surface area contributed by atoms with E-state index in [-0.39, 0.29) is 23.8 Å². The Bertz CT molecular complexity index is 211. The van der Waals surface area contributed by atoms with E-state index >= 15 is 0 Å². The number of aliphatic hydroxyl groups is 1. The lowest BCUT2D eigenvalue weighted by atomic mass is 10.0. The quantitative estimate of drug-likeness (QED) is 0.579. The van der Waals surface area contributed by atoms with E-state index in [2.05, 4.69) is 12.2 Å². The highest BCUT2D eigenvalue weighted by atomic mass is 32.2. The van der Waals surface area contributed by atoms with Gasteiger partial charge in [-0.15, -0.1) is 0 Å². The predicted octanol–water partition coefficient (Wildman–Crippen LogP) is 0.980. The van der Waals surface area contributed by atoms with Crippen LogP contribution in [0, 0.1) is 5.92 Å². The van der Waals surface area contributed by atoms with Crippen LogP contribution in [0.25, 0.3) is 0 Å². The molecule has 0 fully saturated rings. The Morgan fingerprint density at radius 1 is 1.41 bits per heavy atom. The van der Waals surface area contributed by atoms with Crippen molar-refractivity contribution in [2.45, 2.75) is 44.4 Å². The Hall–Kier alpha value is -0.260. The largest absolute Gasteiger partial charge is 0.395 e. The van der Waals surface area contributed by atoms with Crippen molar-refractivity contribution in [3.63, 3.8) is 0 Å². The maximum atomic E-state index is 11.7. The first-order valence-electron chi connectivity index (χ1n) is 6.18. The van der Waals surface area contributed by atoms with Crippen LogP contribution in [0.3, 0.4) is 0 Å². The first-order valence-corrected chi connectivity index (χ1v) is 7.47. The van der Waals surface area contributed by atoms with Crippen molar-refractivity contribution in [3.05, 3.63) is 0 Å². The van der Waals surface area contributed by atoms with Crippen molar-refractivity contribution < 1.29 is 9.90 Å². The van der Waals surface area contributed by atoms with E-state index in [0.717, 1.165) is 12.8 Å². The fourth-order valence-corrected chi connectivity index (χ4v) is 2.29. The van der Waals surface area contributed by atoms with E-state index in [9.17, 15) is 4.79 Å². The molecule has 17 heavy (non-hydrogen) atoms. The zero-order chi connectivity index (χ0) is 13.3. The van der Waals surface area contributed by atoms with Gasteiger partial charge in [0.15, 0.2) is 0 Å². The molecule has 4 N–H and O–H groups in total. The summed E-state index contributed by atoms with van der Waals surface area (Å²) in [5.41, 5.74) is 5.46. The summed E-state index contributed by atoms with van der Waals surface area (Å²) in [6, 6.07) is 0.00677. The molecule has 0 saturated carbocycles. The van der Waals surface area contributed by atoms with Gasteiger partial charge in [0.25, 0.3) is 0 Å². The van der Waals surface area contributed by atoms with Crippen LogP contribution in [0.1, 0.15) is 33.1 Å². The van der Waals surface area contributed by atoms with Gasteiger partial charge < -0.3 is 16.2 Å². The number of rotatable bonds is 9. The standard InChI is InChI=1S/C12H26N2O2S/c1-9(6-7-13)4-5-12(16)14-10(2)11(8-15)17-3/h9-11,15H,4-8,13H2,1-3H3,(H,14,16). The minimum absolute atomic E-state index is 0.00677. The van der Waals surface area contributed by atoms with Crippen molar-refractivity contribution >= 4 is 17.7 Å². The number of thioether (sulfide) groups is 1. The summed E-state index contributed by atoms with van der Waals surface area (Å²) in [5.74, 6) is 0.559. The first-order chi connectivity index (χ1) is 8.04. The first kappa shape index (κ1) is 16.7. The summed E-state index contributed by atoms with van der Waals surface area (Å²) in [6.07, 6.45) is 4.32. The molecule has 4 nitrogen and oxygen atoms in total. The Balaban J connectivity index is 3.85. The summed E-state index contributed by atoms with van der Waals surface area (Å²) in [5, 5.41) is 12.1. The van der Waals surface area contributed by atoms with Gasteiger partial charge in [-0.3, -0.25) is 4.79 Å². The predicted molar refractivity (Wildman–Crippen MR) is 74.1 cm³/mol. The van der Waals surface area contributed by atoms with Crippen LogP contribution < -0.4 is 11.1 Å². The summed E-state index contributed by atoms with van der Waals surface area (Å²) in [7, 11) is 0. The number of amides is 1. The fourth-order valence-electron chi connectivity index (χ4n) is 1.66. The normalized spacial score (nSPS) is 16.3. The Labute approximate surface area is 109 Å². The number of hydrogen-bond acceptors (Lipinski definition) is 4. The molecule has 0 spiro atoms. The van der Waals surface area contributed by atoms with Crippen LogP contribution >= 0.6 is 11.8 Å². The van der Waals surface area contributed by atoms with Crippen LogP contribution in [-0.2, 0) is 4.79 Å². The average molecular weight is 262 g/mol. The Kier molecular flexibility index (Phi) is 9.59. The number of carbonyl (C=O) groups excluding carboxylic acids is 1. The molecule has 3 unspecified atom stereocenters. The molecular weight excluding hydrogens is 236 g/mol. The molecule has 0 saturated heterocycles. The van der Waals surface area contributed by atoms with Crippen LogP contribution in [0.2, 0.25) is 0 Å². The molecule has 0 heterocycles.